The van der Waals surface area contributed by atoms with Gasteiger partial charge < -0.3 is 16.6 Å². The first kappa shape index (κ1) is 9.76. The molecule has 0 amide bonds. The van der Waals surface area contributed by atoms with Crippen LogP contribution in [0.1, 0.15) is 0 Å². The van der Waals surface area contributed by atoms with Gasteiger partial charge in [0.25, 0.3) is 5.56 Å². The molecule has 84 valence electrons. The number of nitro groups is 1. The van der Waals surface area contributed by atoms with Gasteiger partial charge in [-0.2, -0.15) is 4.52 Å². The number of aromatic nitrogens is 3. The topological polar surface area (TPSA) is 166 Å². The summed E-state index contributed by atoms with van der Waals surface area (Å²) in [6.45, 7) is 0. The summed E-state index contributed by atoms with van der Waals surface area (Å²) < 4.78 is 0.699. The SMILES string of the molecule is Nc1nn2c(O)c(N)c(=O)[nH]c2c1[N+](=O)[O-]. The Hall–Kier alpha value is -2.78. The van der Waals surface area contributed by atoms with Gasteiger partial charge in [0.15, 0.2) is 5.69 Å². The molecule has 2 aromatic heterocycles. The Bertz CT molecular complexity index is 655. The van der Waals surface area contributed by atoms with Gasteiger partial charge in [-0.05, 0) is 0 Å². The average molecular weight is 226 g/mol. The first-order chi connectivity index (χ1) is 7.43. The van der Waals surface area contributed by atoms with Gasteiger partial charge in [-0.15, -0.1) is 5.10 Å². The third-order valence-corrected chi connectivity index (χ3v) is 1.99. The Balaban J connectivity index is 3.02. The van der Waals surface area contributed by atoms with Crippen molar-refractivity contribution in [3.8, 4) is 5.88 Å². The summed E-state index contributed by atoms with van der Waals surface area (Å²) in [6, 6.07) is 0. The Labute approximate surface area is 86.2 Å². The molecule has 0 aromatic carbocycles. The lowest BCUT2D eigenvalue weighted by molar-refractivity contribution is -0.382. The number of hydrogen-bond acceptors (Lipinski definition) is 7. The molecule has 16 heavy (non-hydrogen) atoms. The number of nitrogens with zero attached hydrogens (tertiary/aromatic N) is 3. The summed E-state index contributed by atoms with van der Waals surface area (Å²) in [4.78, 5) is 23.1. The molecule has 10 nitrogen and oxygen atoms in total. The van der Waals surface area contributed by atoms with Crippen LogP contribution < -0.4 is 17.0 Å². The number of rotatable bonds is 1. The maximum Gasteiger partial charge on any atom is 0.355 e. The summed E-state index contributed by atoms with van der Waals surface area (Å²) >= 11 is 0. The van der Waals surface area contributed by atoms with E-state index < -0.39 is 33.6 Å². The van der Waals surface area contributed by atoms with E-state index in [9.17, 15) is 20.0 Å². The minimum Gasteiger partial charge on any atom is -0.492 e. The maximum absolute atomic E-state index is 11.2. The van der Waals surface area contributed by atoms with E-state index in [0.717, 1.165) is 0 Å². The van der Waals surface area contributed by atoms with Crippen LogP contribution in [0, 0.1) is 10.1 Å². The number of aromatic hydroxyl groups is 1. The van der Waals surface area contributed by atoms with Gasteiger partial charge in [-0.3, -0.25) is 19.9 Å². The van der Waals surface area contributed by atoms with Crippen LogP contribution in [0.15, 0.2) is 4.79 Å². The third-order valence-electron chi connectivity index (χ3n) is 1.99. The van der Waals surface area contributed by atoms with E-state index in [0.29, 0.717) is 4.52 Å². The molecule has 0 bridgehead atoms. The van der Waals surface area contributed by atoms with Crippen LogP contribution in [-0.4, -0.2) is 24.6 Å². The molecule has 0 aliphatic rings. The van der Waals surface area contributed by atoms with E-state index in [-0.39, 0.29) is 5.65 Å². The number of nitrogen functional groups attached to an aromatic ring is 2. The van der Waals surface area contributed by atoms with Crippen LogP contribution in [0.2, 0.25) is 0 Å². The van der Waals surface area contributed by atoms with Crippen molar-refractivity contribution in [2.45, 2.75) is 0 Å². The Morgan fingerprint density at radius 3 is 2.69 bits per heavy atom. The molecule has 2 rings (SSSR count). The minimum atomic E-state index is -0.854. The highest BCUT2D eigenvalue weighted by Crippen LogP contribution is 2.27. The van der Waals surface area contributed by atoms with Crippen molar-refractivity contribution >= 4 is 22.8 Å². The highest BCUT2D eigenvalue weighted by molar-refractivity contribution is 5.73. The Morgan fingerprint density at radius 1 is 1.50 bits per heavy atom. The monoisotopic (exact) mass is 226 g/mol. The normalized spacial score (nSPS) is 10.8. The molecule has 0 fully saturated rings. The van der Waals surface area contributed by atoms with Gasteiger partial charge in [0, 0.05) is 0 Å². The summed E-state index contributed by atoms with van der Waals surface area (Å²) in [5, 5.41) is 23.6. The van der Waals surface area contributed by atoms with Gasteiger partial charge in [-0.1, -0.05) is 0 Å². The largest absolute Gasteiger partial charge is 0.492 e. The quantitative estimate of drug-likeness (QED) is 0.350. The van der Waals surface area contributed by atoms with Crippen molar-refractivity contribution < 1.29 is 10.0 Å². The average Bonchev–Trinajstić information content (AvgIpc) is 2.51. The van der Waals surface area contributed by atoms with Gasteiger partial charge >= 0.3 is 5.69 Å². The zero-order valence-corrected chi connectivity index (χ0v) is 7.67. The van der Waals surface area contributed by atoms with E-state index >= 15 is 0 Å². The minimum absolute atomic E-state index is 0.320. The van der Waals surface area contributed by atoms with Crippen LogP contribution in [0.4, 0.5) is 17.2 Å². The summed E-state index contributed by atoms with van der Waals surface area (Å²) in [7, 11) is 0. The highest BCUT2D eigenvalue weighted by Gasteiger charge is 2.25. The lowest BCUT2D eigenvalue weighted by Gasteiger charge is -1.98. The molecule has 6 N–H and O–H groups in total. The van der Waals surface area contributed by atoms with E-state index in [4.69, 9.17) is 11.5 Å². The molecule has 0 spiro atoms. The molecular formula is C6H6N6O4. The van der Waals surface area contributed by atoms with Crippen LogP contribution in [0.3, 0.4) is 0 Å². The number of aromatic amines is 1. The number of fused-ring (bicyclic) bond motifs is 1. The van der Waals surface area contributed by atoms with Crippen molar-refractivity contribution in [2.75, 3.05) is 11.5 Å². The molecule has 0 radical (unpaired) electrons. The molecule has 2 aromatic rings. The molecule has 10 heteroatoms. The van der Waals surface area contributed by atoms with Crippen molar-refractivity contribution in [3.05, 3.63) is 20.5 Å². The van der Waals surface area contributed by atoms with Crippen LogP contribution in [0.5, 0.6) is 5.88 Å². The van der Waals surface area contributed by atoms with E-state index in [2.05, 4.69) is 10.1 Å². The lowest BCUT2D eigenvalue weighted by Crippen LogP contribution is -2.14. The first-order valence-electron chi connectivity index (χ1n) is 3.96. The van der Waals surface area contributed by atoms with E-state index in [1.54, 1.807) is 0 Å². The molecule has 0 aliphatic carbocycles. The molecule has 0 atom stereocenters. The third kappa shape index (κ3) is 1.06. The Kier molecular flexibility index (Phi) is 1.74. The Morgan fingerprint density at radius 2 is 2.12 bits per heavy atom. The second-order valence-corrected chi connectivity index (χ2v) is 2.94. The molecule has 0 saturated heterocycles. The van der Waals surface area contributed by atoms with Crippen molar-refractivity contribution in [2.24, 2.45) is 0 Å². The zero-order chi connectivity index (χ0) is 12.0. The van der Waals surface area contributed by atoms with Gasteiger partial charge in [0.05, 0.1) is 4.92 Å². The summed E-state index contributed by atoms with van der Waals surface area (Å²) in [5.74, 6) is -1.12. The second kappa shape index (κ2) is 2.85. The summed E-state index contributed by atoms with van der Waals surface area (Å²) in [6.07, 6.45) is 0. The molecule has 2 heterocycles. The highest BCUT2D eigenvalue weighted by atomic mass is 16.6. The van der Waals surface area contributed by atoms with Crippen LogP contribution in [0.25, 0.3) is 5.65 Å². The van der Waals surface area contributed by atoms with Crippen molar-refractivity contribution in [3.63, 3.8) is 0 Å². The zero-order valence-electron chi connectivity index (χ0n) is 7.67. The predicted molar refractivity (Wildman–Crippen MR) is 53.0 cm³/mol. The van der Waals surface area contributed by atoms with Crippen LogP contribution >= 0.6 is 0 Å². The molecule has 0 saturated carbocycles. The summed E-state index contributed by atoms with van der Waals surface area (Å²) in [5.41, 5.74) is 8.23. The van der Waals surface area contributed by atoms with Gasteiger partial charge in [-0.25, -0.2) is 0 Å². The predicted octanol–water partition coefficient (Wildman–Crippen LogP) is -1.20. The second-order valence-electron chi connectivity index (χ2n) is 2.94. The van der Waals surface area contributed by atoms with E-state index in [1.807, 2.05) is 0 Å². The smallest absolute Gasteiger partial charge is 0.355 e. The van der Waals surface area contributed by atoms with Crippen molar-refractivity contribution in [1.82, 2.24) is 14.6 Å². The number of H-pyrrole nitrogens is 1. The fraction of sp³-hybridized carbons (Fsp3) is 0. The maximum atomic E-state index is 11.2. The first-order valence-corrected chi connectivity index (χ1v) is 3.96. The van der Waals surface area contributed by atoms with E-state index in [1.165, 1.54) is 0 Å². The molecular weight excluding hydrogens is 220 g/mol. The van der Waals surface area contributed by atoms with Crippen LogP contribution in [-0.2, 0) is 0 Å². The number of nitrogens with two attached hydrogens (primary N) is 2. The lowest BCUT2D eigenvalue weighted by atomic mass is 10.4. The molecule has 0 aliphatic heterocycles. The van der Waals surface area contributed by atoms with Gasteiger partial charge in [0.2, 0.25) is 17.3 Å². The number of nitrogens with one attached hydrogen (secondary N) is 1. The fourth-order valence-corrected chi connectivity index (χ4v) is 1.26. The van der Waals surface area contributed by atoms with Gasteiger partial charge in [0.1, 0.15) is 0 Å². The van der Waals surface area contributed by atoms with Crippen molar-refractivity contribution in [1.29, 1.82) is 0 Å². The standard InChI is InChI=1S/C6H6N6O4/c7-1-5(13)9-4-2(12(15)16)3(8)10-11(4)6(1)14/h14H,7H2,(H2,8,10)(H,9,13). The fourth-order valence-electron chi connectivity index (χ4n) is 1.26. The number of anilines is 2. The number of hydrogen-bond donors (Lipinski definition) is 4. The molecule has 0 unspecified atom stereocenters.